The van der Waals surface area contributed by atoms with Crippen LogP contribution in [0.3, 0.4) is 0 Å². The van der Waals surface area contributed by atoms with Crippen LogP contribution in [0.4, 0.5) is 5.00 Å². The Morgan fingerprint density at radius 1 is 1.43 bits per heavy atom. The molecule has 21 heavy (non-hydrogen) atoms. The summed E-state index contributed by atoms with van der Waals surface area (Å²) in [5.74, 6) is -1.31. The van der Waals surface area contributed by atoms with Gasteiger partial charge in [-0.2, -0.15) is 0 Å². The molecule has 0 bridgehead atoms. The van der Waals surface area contributed by atoms with Gasteiger partial charge in [-0.3, -0.25) is 4.79 Å². The summed E-state index contributed by atoms with van der Waals surface area (Å²) < 4.78 is 0. The number of carboxylic acid groups (broad SMARTS) is 1. The highest BCUT2D eigenvalue weighted by Crippen LogP contribution is 2.44. The molecule has 0 fully saturated rings. The smallest absolute Gasteiger partial charge is 0.239 e. The summed E-state index contributed by atoms with van der Waals surface area (Å²) in [7, 11) is 0. The molecule has 0 unspecified atom stereocenters. The van der Waals surface area contributed by atoms with Crippen LogP contribution >= 0.6 is 22.9 Å². The van der Waals surface area contributed by atoms with Gasteiger partial charge in [-0.25, -0.2) is 0 Å². The Morgan fingerprint density at radius 2 is 2.10 bits per heavy atom. The number of fused-ring (bicyclic) bond motifs is 1. The molecule has 0 aliphatic heterocycles. The zero-order valence-electron chi connectivity index (χ0n) is 12.4. The molecule has 1 aliphatic carbocycles. The Balaban J connectivity index is 2.37. The Bertz CT molecular complexity index is 574. The number of carboxylic acids is 1. The van der Waals surface area contributed by atoms with Crippen molar-refractivity contribution in [3.63, 3.8) is 0 Å². The summed E-state index contributed by atoms with van der Waals surface area (Å²) >= 11 is 6.82. The van der Waals surface area contributed by atoms with Crippen LogP contribution in [0.25, 0.3) is 0 Å². The molecule has 0 spiro atoms. The van der Waals surface area contributed by atoms with E-state index >= 15 is 0 Å². The van der Waals surface area contributed by atoms with Crippen LogP contribution in [-0.2, 0) is 17.6 Å². The monoisotopic (exact) mass is 328 g/mol. The number of halogens is 1. The molecule has 1 heterocycles. The molecule has 116 valence electrons. The molecule has 1 N–H and O–H groups in total. The molecule has 0 aromatic carbocycles. The molecule has 1 atom stereocenters. The molecule has 2 rings (SSSR count). The maximum atomic E-state index is 11.4. The number of rotatable bonds is 3. The maximum absolute atomic E-state index is 11.4. The molecule has 1 aromatic heterocycles. The van der Waals surface area contributed by atoms with Gasteiger partial charge in [-0.1, -0.05) is 20.8 Å². The second kappa shape index (κ2) is 5.97. The molecule has 0 saturated carbocycles. The molecular formula is C15H19ClNO3S-. The van der Waals surface area contributed by atoms with Gasteiger partial charge < -0.3 is 15.2 Å². The normalized spacial score (nSPS) is 18.2. The minimum atomic E-state index is -1.23. The quantitative estimate of drug-likeness (QED) is 0.866. The standard InChI is InChI=1S/C15H20ClNO3S/c1-15(2,3)8-4-5-9-10(6-8)21-13(12(9)14(19)20)17-11(18)7-16/h8H,4-7H2,1-3H3,(H,17,18)(H,19,20)/p-1/t8-/m0/s1. The van der Waals surface area contributed by atoms with Crippen molar-refractivity contribution in [1.82, 2.24) is 0 Å². The topological polar surface area (TPSA) is 69.2 Å². The number of nitrogens with one attached hydrogen (secondary N) is 1. The summed E-state index contributed by atoms with van der Waals surface area (Å²) in [6.07, 6.45) is 2.52. The lowest BCUT2D eigenvalue weighted by molar-refractivity contribution is -0.254. The van der Waals surface area contributed by atoms with Crippen LogP contribution in [0.2, 0.25) is 0 Å². The van der Waals surface area contributed by atoms with Crippen molar-refractivity contribution in [2.24, 2.45) is 11.3 Å². The molecule has 4 nitrogen and oxygen atoms in total. The SMILES string of the molecule is CC(C)(C)[C@H]1CCc2c(sc(NC(=O)CCl)c2C(=O)[O-])C1. The lowest BCUT2D eigenvalue weighted by Gasteiger charge is -2.34. The molecule has 1 aliphatic rings. The number of amides is 1. The van der Waals surface area contributed by atoms with E-state index in [1.807, 2.05) is 0 Å². The highest BCUT2D eigenvalue weighted by molar-refractivity contribution is 7.17. The third-order valence-electron chi connectivity index (χ3n) is 4.07. The number of hydrogen-bond acceptors (Lipinski definition) is 4. The van der Waals surface area contributed by atoms with Gasteiger partial charge in [0.2, 0.25) is 5.91 Å². The summed E-state index contributed by atoms with van der Waals surface area (Å²) in [5.41, 5.74) is 1.15. The van der Waals surface area contributed by atoms with E-state index in [9.17, 15) is 14.7 Å². The van der Waals surface area contributed by atoms with Crippen LogP contribution in [0, 0.1) is 11.3 Å². The van der Waals surface area contributed by atoms with Crippen LogP contribution in [0.5, 0.6) is 0 Å². The summed E-state index contributed by atoms with van der Waals surface area (Å²) in [5, 5.41) is 14.4. The number of carbonyl (C=O) groups excluding carboxylic acids is 2. The largest absolute Gasteiger partial charge is 0.545 e. The van der Waals surface area contributed by atoms with Crippen LogP contribution < -0.4 is 10.4 Å². The third kappa shape index (κ3) is 3.40. The van der Waals surface area contributed by atoms with Crippen molar-refractivity contribution in [3.05, 3.63) is 16.0 Å². The molecule has 1 aromatic rings. The average Bonchev–Trinajstić information content (AvgIpc) is 2.74. The minimum absolute atomic E-state index is 0.140. The van der Waals surface area contributed by atoms with Gasteiger partial charge in [0.05, 0.1) is 5.97 Å². The first-order valence-electron chi connectivity index (χ1n) is 6.95. The van der Waals surface area contributed by atoms with E-state index in [1.54, 1.807) is 0 Å². The molecule has 1 amide bonds. The summed E-state index contributed by atoms with van der Waals surface area (Å²) in [6.45, 7) is 6.60. The number of anilines is 1. The fourth-order valence-electron chi connectivity index (χ4n) is 2.79. The summed E-state index contributed by atoms with van der Waals surface area (Å²) in [6, 6.07) is 0. The van der Waals surface area contributed by atoms with Crippen molar-refractivity contribution < 1.29 is 14.7 Å². The van der Waals surface area contributed by atoms with Gasteiger partial charge in [-0.15, -0.1) is 22.9 Å². The van der Waals surface area contributed by atoms with E-state index in [0.717, 1.165) is 23.3 Å². The number of thiophene rings is 1. The van der Waals surface area contributed by atoms with E-state index in [2.05, 4.69) is 26.1 Å². The maximum Gasteiger partial charge on any atom is 0.239 e. The number of hydrogen-bond donors (Lipinski definition) is 1. The van der Waals surface area contributed by atoms with Gasteiger partial charge in [0.25, 0.3) is 0 Å². The highest BCUT2D eigenvalue weighted by Gasteiger charge is 2.32. The van der Waals surface area contributed by atoms with E-state index in [1.165, 1.54) is 11.3 Å². The zero-order valence-corrected chi connectivity index (χ0v) is 14.0. The molecular weight excluding hydrogens is 310 g/mol. The van der Waals surface area contributed by atoms with Gasteiger partial charge in [0.1, 0.15) is 10.9 Å². The summed E-state index contributed by atoms with van der Waals surface area (Å²) in [4.78, 5) is 23.9. The Hall–Kier alpha value is -1.07. The fraction of sp³-hybridized carbons (Fsp3) is 0.600. The van der Waals surface area contributed by atoms with Crippen LogP contribution in [-0.4, -0.2) is 17.8 Å². The van der Waals surface area contributed by atoms with Crippen molar-refractivity contribution in [2.75, 3.05) is 11.2 Å². The first-order valence-corrected chi connectivity index (χ1v) is 8.30. The van der Waals surface area contributed by atoms with Crippen molar-refractivity contribution in [3.8, 4) is 0 Å². The minimum Gasteiger partial charge on any atom is -0.545 e. The van der Waals surface area contributed by atoms with Crippen LogP contribution in [0.15, 0.2) is 0 Å². The first kappa shape index (κ1) is 16.3. The number of carbonyl (C=O) groups is 2. The second-order valence-electron chi connectivity index (χ2n) is 6.48. The molecule has 6 heteroatoms. The van der Waals surface area contributed by atoms with Gasteiger partial charge in [0, 0.05) is 10.4 Å². The Labute approximate surface area is 133 Å². The predicted molar refractivity (Wildman–Crippen MR) is 83.0 cm³/mol. The van der Waals surface area contributed by atoms with Gasteiger partial charge in [-0.05, 0) is 36.2 Å². The molecule has 0 radical (unpaired) electrons. The lowest BCUT2D eigenvalue weighted by Crippen LogP contribution is -2.29. The fourth-order valence-corrected chi connectivity index (χ4v) is 4.19. The number of alkyl halides is 1. The lowest BCUT2D eigenvalue weighted by atomic mass is 9.72. The van der Waals surface area contributed by atoms with Gasteiger partial charge >= 0.3 is 0 Å². The van der Waals surface area contributed by atoms with E-state index in [0.29, 0.717) is 17.3 Å². The van der Waals surface area contributed by atoms with Crippen molar-refractivity contribution >= 4 is 39.8 Å². The Kier molecular flexibility index (Phi) is 4.63. The van der Waals surface area contributed by atoms with Crippen molar-refractivity contribution in [1.29, 1.82) is 0 Å². The zero-order chi connectivity index (χ0) is 15.8. The predicted octanol–water partition coefficient (Wildman–Crippen LogP) is 2.44. The van der Waals surface area contributed by atoms with Crippen LogP contribution in [0.1, 0.15) is 48.0 Å². The van der Waals surface area contributed by atoms with E-state index < -0.39 is 11.9 Å². The second-order valence-corrected chi connectivity index (χ2v) is 7.86. The van der Waals surface area contributed by atoms with Gasteiger partial charge in [0.15, 0.2) is 0 Å². The molecule has 0 saturated heterocycles. The third-order valence-corrected chi connectivity index (χ3v) is 5.48. The van der Waals surface area contributed by atoms with E-state index in [-0.39, 0.29) is 16.9 Å². The highest BCUT2D eigenvalue weighted by atomic mass is 35.5. The Morgan fingerprint density at radius 3 is 2.62 bits per heavy atom. The average molecular weight is 329 g/mol. The number of aromatic carboxylic acids is 1. The first-order chi connectivity index (χ1) is 9.74. The van der Waals surface area contributed by atoms with Crippen molar-refractivity contribution in [2.45, 2.75) is 40.0 Å². The van der Waals surface area contributed by atoms with E-state index in [4.69, 9.17) is 11.6 Å².